The number of benzene rings is 1. The van der Waals surface area contributed by atoms with Crippen LogP contribution in [-0.2, 0) is 10.0 Å². The van der Waals surface area contributed by atoms with E-state index in [1.807, 2.05) is 6.07 Å². The maximum Gasteiger partial charge on any atom is 0.240 e. The number of sulfonamides is 1. The zero-order chi connectivity index (χ0) is 11.8. The first-order valence-electron chi connectivity index (χ1n) is 4.81. The van der Waals surface area contributed by atoms with E-state index in [1.54, 1.807) is 0 Å². The third-order valence-corrected chi connectivity index (χ3v) is 3.95. The van der Waals surface area contributed by atoms with Crippen molar-refractivity contribution in [2.45, 2.75) is 23.4 Å². The lowest BCUT2D eigenvalue weighted by atomic mass is 10.2. The average molecular weight is 237 g/mol. The average Bonchev–Trinajstić information content (AvgIpc) is 2.93. The summed E-state index contributed by atoms with van der Waals surface area (Å²) < 4.78 is 26.1. The third-order valence-electron chi connectivity index (χ3n) is 2.44. The lowest BCUT2D eigenvalue weighted by molar-refractivity contribution is 0.580. The summed E-state index contributed by atoms with van der Waals surface area (Å²) in [6.07, 6.45) is 0.676. The Morgan fingerprint density at radius 3 is 2.38 bits per heavy atom. The quantitative estimate of drug-likeness (QED) is 0.769. The molecule has 0 bridgehead atoms. The summed E-state index contributed by atoms with van der Waals surface area (Å²) in [6, 6.07) is 7.47. The van der Waals surface area contributed by atoms with E-state index >= 15 is 0 Å². The molecule has 2 atom stereocenters. The summed E-state index contributed by atoms with van der Waals surface area (Å²) in [4.78, 5) is 0.158. The number of nitrogens with one attached hydrogen (secondary N) is 1. The second-order valence-electron chi connectivity index (χ2n) is 3.76. The van der Waals surface area contributed by atoms with Gasteiger partial charge in [0.1, 0.15) is 0 Å². The van der Waals surface area contributed by atoms with Crippen LogP contribution < -0.4 is 10.5 Å². The van der Waals surface area contributed by atoms with E-state index in [4.69, 9.17) is 11.0 Å². The molecule has 0 amide bonds. The van der Waals surface area contributed by atoms with Crippen LogP contribution in [0.15, 0.2) is 29.2 Å². The first-order valence-corrected chi connectivity index (χ1v) is 6.29. The largest absolute Gasteiger partial charge is 0.326 e. The fraction of sp³-hybridized carbons (Fsp3) is 0.300. The summed E-state index contributed by atoms with van der Waals surface area (Å²) in [5.74, 6) is 0. The van der Waals surface area contributed by atoms with Gasteiger partial charge in [0.2, 0.25) is 10.0 Å². The maximum absolute atomic E-state index is 11.8. The van der Waals surface area contributed by atoms with Gasteiger partial charge in [0, 0.05) is 12.1 Å². The molecule has 6 heteroatoms. The van der Waals surface area contributed by atoms with Crippen molar-refractivity contribution >= 4 is 10.0 Å². The maximum atomic E-state index is 11.8. The minimum Gasteiger partial charge on any atom is -0.326 e. The molecule has 2 unspecified atom stereocenters. The molecule has 1 aliphatic rings. The molecule has 0 radical (unpaired) electrons. The molecular weight excluding hydrogens is 226 g/mol. The Labute approximate surface area is 93.9 Å². The van der Waals surface area contributed by atoms with Crippen molar-refractivity contribution in [1.29, 1.82) is 5.26 Å². The molecule has 3 N–H and O–H groups in total. The number of hydrogen-bond donors (Lipinski definition) is 2. The van der Waals surface area contributed by atoms with Crippen molar-refractivity contribution in [3.63, 3.8) is 0 Å². The second-order valence-corrected chi connectivity index (χ2v) is 5.48. The Kier molecular flexibility index (Phi) is 2.68. The highest BCUT2D eigenvalue weighted by Crippen LogP contribution is 2.21. The van der Waals surface area contributed by atoms with Crippen LogP contribution in [0.5, 0.6) is 0 Å². The van der Waals surface area contributed by atoms with E-state index in [9.17, 15) is 8.42 Å². The van der Waals surface area contributed by atoms with Crippen LogP contribution in [0.1, 0.15) is 12.0 Å². The van der Waals surface area contributed by atoms with Crippen molar-refractivity contribution in [3.05, 3.63) is 29.8 Å². The first-order chi connectivity index (χ1) is 7.53. The van der Waals surface area contributed by atoms with Gasteiger partial charge in [-0.25, -0.2) is 13.1 Å². The Bertz CT molecular complexity index is 530. The summed E-state index contributed by atoms with van der Waals surface area (Å²) in [6.45, 7) is 0. The van der Waals surface area contributed by atoms with E-state index in [0.717, 1.165) is 0 Å². The molecule has 2 rings (SSSR count). The lowest BCUT2D eigenvalue weighted by Crippen LogP contribution is -2.29. The fourth-order valence-electron chi connectivity index (χ4n) is 1.33. The molecule has 1 aromatic rings. The van der Waals surface area contributed by atoms with Gasteiger partial charge in [-0.15, -0.1) is 0 Å². The zero-order valence-electron chi connectivity index (χ0n) is 8.42. The molecule has 0 aromatic heterocycles. The number of nitrogens with two attached hydrogens (primary N) is 1. The van der Waals surface area contributed by atoms with E-state index < -0.39 is 10.0 Å². The predicted octanol–water partition coefficient (Wildman–Crippen LogP) is -0.0638. The molecule has 1 fully saturated rings. The second kappa shape index (κ2) is 3.87. The molecule has 1 aromatic carbocycles. The third kappa shape index (κ3) is 2.22. The molecular formula is C10H11N3O2S. The summed E-state index contributed by atoms with van der Waals surface area (Å²) >= 11 is 0. The van der Waals surface area contributed by atoms with E-state index in [1.165, 1.54) is 24.3 Å². The molecule has 5 nitrogen and oxygen atoms in total. The topological polar surface area (TPSA) is 96.0 Å². The monoisotopic (exact) mass is 237 g/mol. The highest BCUT2D eigenvalue weighted by Gasteiger charge is 2.37. The Morgan fingerprint density at radius 1 is 1.38 bits per heavy atom. The van der Waals surface area contributed by atoms with Crippen molar-refractivity contribution in [3.8, 4) is 6.07 Å². The van der Waals surface area contributed by atoms with Gasteiger partial charge in [-0.1, -0.05) is 0 Å². The normalized spacial score (nSPS) is 23.8. The van der Waals surface area contributed by atoms with Crippen molar-refractivity contribution in [2.24, 2.45) is 5.73 Å². The van der Waals surface area contributed by atoms with Gasteiger partial charge in [0.15, 0.2) is 0 Å². The fourth-order valence-corrected chi connectivity index (χ4v) is 2.63. The SMILES string of the molecule is N#Cc1ccc(S(=O)(=O)NC2CC2N)cc1. The summed E-state index contributed by atoms with van der Waals surface area (Å²) in [5, 5.41) is 8.59. The van der Waals surface area contributed by atoms with Gasteiger partial charge in [0.05, 0.1) is 16.5 Å². The van der Waals surface area contributed by atoms with Crippen molar-refractivity contribution in [2.75, 3.05) is 0 Å². The number of nitriles is 1. The molecule has 16 heavy (non-hydrogen) atoms. The van der Waals surface area contributed by atoms with Crippen molar-refractivity contribution < 1.29 is 8.42 Å². The Balaban J connectivity index is 2.19. The molecule has 0 heterocycles. The first kappa shape index (κ1) is 11.1. The van der Waals surface area contributed by atoms with Crippen molar-refractivity contribution in [1.82, 2.24) is 4.72 Å². The molecule has 0 spiro atoms. The molecule has 84 valence electrons. The highest BCUT2D eigenvalue weighted by atomic mass is 32.2. The summed E-state index contributed by atoms with van der Waals surface area (Å²) in [5.41, 5.74) is 5.96. The van der Waals surface area contributed by atoms with Gasteiger partial charge in [-0.3, -0.25) is 0 Å². The van der Waals surface area contributed by atoms with E-state index in [0.29, 0.717) is 12.0 Å². The van der Waals surface area contributed by atoms with Crippen LogP contribution in [0.2, 0.25) is 0 Å². The molecule has 1 aliphatic carbocycles. The number of hydrogen-bond acceptors (Lipinski definition) is 4. The van der Waals surface area contributed by atoms with Crippen LogP contribution in [-0.4, -0.2) is 20.5 Å². The smallest absolute Gasteiger partial charge is 0.240 e. The zero-order valence-corrected chi connectivity index (χ0v) is 9.24. The van der Waals surface area contributed by atoms with Crippen LogP contribution in [0.4, 0.5) is 0 Å². The standard InChI is InChI=1S/C10H11N3O2S/c11-6-7-1-3-8(4-2-7)16(14,15)13-10-5-9(10)12/h1-4,9-10,13H,5,12H2. The van der Waals surface area contributed by atoms with Gasteiger partial charge < -0.3 is 5.73 Å². The van der Waals surface area contributed by atoms with Gasteiger partial charge in [-0.05, 0) is 30.7 Å². The highest BCUT2D eigenvalue weighted by molar-refractivity contribution is 7.89. The number of nitrogens with zero attached hydrogens (tertiary/aromatic N) is 1. The van der Waals surface area contributed by atoms with Gasteiger partial charge in [0.25, 0.3) is 0 Å². The number of rotatable bonds is 3. The van der Waals surface area contributed by atoms with E-state index in [2.05, 4.69) is 4.72 Å². The summed E-state index contributed by atoms with van der Waals surface area (Å²) in [7, 11) is -3.49. The van der Waals surface area contributed by atoms with Crippen LogP contribution >= 0.6 is 0 Å². The predicted molar refractivity (Wildman–Crippen MR) is 57.9 cm³/mol. The lowest BCUT2D eigenvalue weighted by Gasteiger charge is -2.05. The van der Waals surface area contributed by atoms with Gasteiger partial charge >= 0.3 is 0 Å². The molecule has 0 aliphatic heterocycles. The molecule has 0 saturated heterocycles. The van der Waals surface area contributed by atoms with Gasteiger partial charge in [-0.2, -0.15) is 5.26 Å². The minimum absolute atomic E-state index is 0.0758. The Hall–Kier alpha value is -1.42. The Morgan fingerprint density at radius 2 is 1.94 bits per heavy atom. The minimum atomic E-state index is -3.49. The van der Waals surface area contributed by atoms with Crippen LogP contribution in [0.25, 0.3) is 0 Å². The van der Waals surface area contributed by atoms with E-state index in [-0.39, 0.29) is 17.0 Å². The van der Waals surface area contributed by atoms with Crippen LogP contribution in [0.3, 0.4) is 0 Å². The molecule has 1 saturated carbocycles. The van der Waals surface area contributed by atoms with Crippen LogP contribution in [0, 0.1) is 11.3 Å².